The van der Waals surface area contributed by atoms with Gasteiger partial charge in [0.25, 0.3) is 0 Å². The van der Waals surface area contributed by atoms with E-state index in [1.54, 1.807) is 0 Å². The van der Waals surface area contributed by atoms with Gasteiger partial charge < -0.3 is 20.1 Å². The highest BCUT2D eigenvalue weighted by atomic mass is 31.2. The molecule has 2 unspecified atom stereocenters. The van der Waals surface area contributed by atoms with Crippen LogP contribution in [0.2, 0.25) is 0 Å². The lowest BCUT2D eigenvalue weighted by Gasteiger charge is -2.19. The molecule has 0 saturated heterocycles. The summed E-state index contributed by atoms with van der Waals surface area (Å²) in [6.45, 7) is 3.65. The van der Waals surface area contributed by atoms with Crippen molar-refractivity contribution in [2.24, 2.45) is 5.73 Å². The van der Waals surface area contributed by atoms with Crippen molar-refractivity contribution >= 4 is 19.8 Å². The molecule has 0 fully saturated rings. The van der Waals surface area contributed by atoms with Gasteiger partial charge in [0, 0.05) is 19.4 Å². The SMILES string of the molecule is CC/C=C\C/C=C\C/C=C\C/C=C\C/C=C\C/C=C\C/C=C\C/C=C\C/C=C\CCCCCCCCCC(=O)OC(COC(=O)CCCCCCCCCCCCCCCCCCCCCCCCCCCCCCC)COP(=O)(O)OCCN. The first-order valence-corrected chi connectivity index (χ1v) is 36.9. The topological polar surface area (TPSA) is 134 Å². The molecule has 0 amide bonds. The second kappa shape index (κ2) is 69.8. The van der Waals surface area contributed by atoms with Gasteiger partial charge in [0.2, 0.25) is 0 Å². The molecule has 0 aliphatic rings. The number of unbranched alkanes of at least 4 members (excludes halogenated alkanes) is 35. The number of nitrogens with two attached hydrogens (primary N) is 1. The molecular weight excluding hydrogens is 1070 g/mol. The van der Waals surface area contributed by atoms with Crippen molar-refractivity contribution in [1.29, 1.82) is 0 Å². The predicted molar refractivity (Wildman–Crippen MR) is 367 cm³/mol. The van der Waals surface area contributed by atoms with Gasteiger partial charge in [0.15, 0.2) is 6.10 Å². The van der Waals surface area contributed by atoms with Gasteiger partial charge in [-0.3, -0.25) is 18.6 Å². The first-order valence-electron chi connectivity index (χ1n) is 35.4. The average Bonchev–Trinajstić information content (AvgIpc) is 3.52. The summed E-state index contributed by atoms with van der Waals surface area (Å²) in [5.41, 5.74) is 5.40. The number of hydrogen-bond donors (Lipinski definition) is 2. The Kier molecular flexibility index (Phi) is 67.0. The van der Waals surface area contributed by atoms with Gasteiger partial charge in [-0.05, 0) is 83.5 Å². The number of phosphoric acid groups is 1. The highest BCUT2D eigenvalue weighted by Gasteiger charge is 2.26. The lowest BCUT2D eigenvalue weighted by atomic mass is 10.0. The predicted octanol–water partition coefficient (Wildman–Crippen LogP) is 23.3. The lowest BCUT2D eigenvalue weighted by molar-refractivity contribution is -0.161. The highest BCUT2D eigenvalue weighted by Crippen LogP contribution is 2.43. The fourth-order valence-electron chi connectivity index (χ4n) is 9.99. The van der Waals surface area contributed by atoms with Crippen LogP contribution in [0.3, 0.4) is 0 Å². The summed E-state index contributed by atoms with van der Waals surface area (Å²) in [5, 5.41) is 0. The maximum absolute atomic E-state index is 12.8. The maximum atomic E-state index is 12.8. The van der Waals surface area contributed by atoms with E-state index < -0.39 is 26.5 Å². The van der Waals surface area contributed by atoms with E-state index in [1.165, 1.54) is 186 Å². The van der Waals surface area contributed by atoms with Gasteiger partial charge in [-0.2, -0.15) is 0 Å². The number of phosphoric ester groups is 1. The summed E-state index contributed by atoms with van der Waals surface area (Å²) in [7, 11) is -4.40. The average molecular weight is 1210 g/mol. The number of ether oxygens (including phenoxy) is 2. The fraction of sp³-hybridized carbons (Fsp3) is 0.733. The Morgan fingerprint density at radius 1 is 0.365 bits per heavy atom. The molecule has 0 saturated carbocycles. The molecule has 0 aliphatic carbocycles. The molecular formula is C75H132NO8P. The smallest absolute Gasteiger partial charge is 0.462 e. The first-order chi connectivity index (χ1) is 41.8. The molecule has 9 nitrogen and oxygen atoms in total. The molecule has 490 valence electrons. The van der Waals surface area contributed by atoms with Gasteiger partial charge in [0.05, 0.1) is 13.2 Å². The van der Waals surface area contributed by atoms with Gasteiger partial charge in [-0.15, -0.1) is 0 Å². The lowest BCUT2D eigenvalue weighted by Crippen LogP contribution is -2.29. The van der Waals surface area contributed by atoms with Crippen LogP contribution in [0.4, 0.5) is 0 Å². The Bertz CT molecular complexity index is 1760. The Balaban J connectivity index is 3.93. The normalized spacial score (nSPS) is 13.6. The number of rotatable bonds is 66. The molecule has 0 bridgehead atoms. The Morgan fingerprint density at radius 2 is 0.647 bits per heavy atom. The fourth-order valence-corrected chi connectivity index (χ4v) is 10.8. The van der Waals surface area contributed by atoms with E-state index in [4.69, 9.17) is 24.3 Å². The molecule has 3 N–H and O–H groups in total. The minimum Gasteiger partial charge on any atom is -0.462 e. The first kappa shape index (κ1) is 81.7. The molecule has 85 heavy (non-hydrogen) atoms. The molecule has 0 aliphatic heterocycles. The Morgan fingerprint density at radius 3 is 0.965 bits per heavy atom. The molecule has 0 radical (unpaired) electrons. The van der Waals surface area contributed by atoms with Crippen LogP contribution in [0.5, 0.6) is 0 Å². The van der Waals surface area contributed by atoms with Gasteiger partial charge >= 0.3 is 19.8 Å². The molecule has 0 aromatic rings. The van der Waals surface area contributed by atoms with E-state index >= 15 is 0 Å². The van der Waals surface area contributed by atoms with Crippen molar-refractivity contribution < 1.29 is 37.6 Å². The third kappa shape index (κ3) is 69.6. The molecule has 0 aromatic carbocycles. The van der Waals surface area contributed by atoms with E-state index in [0.29, 0.717) is 6.42 Å². The molecule has 2 atom stereocenters. The van der Waals surface area contributed by atoms with E-state index in [2.05, 4.69) is 123 Å². The zero-order chi connectivity index (χ0) is 61.6. The van der Waals surface area contributed by atoms with Crippen LogP contribution >= 0.6 is 7.82 Å². The van der Waals surface area contributed by atoms with E-state index in [1.807, 2.05) is 0 Å². The summed E-state index contributed by atoms with van der Waals surface area (Å²) < 4.78 is 33.2. The van der Waals surface area contributed by atoms with Crippen LogP contribution in [0.1, 0.15) is 322 Å². The van der Waals surface area contributed by atoms with E-state index in [-0.39, 0.29) is 38.6 Å². The number of esters is 2. The maximum Gasteiger partial charge on any atom is 0.472 e. The van der Waals surface area contributed by atoms with Crippen LogP contribution in [0, 0.1) is 0 Å². The van der Waals surface area contributed by atoms with Gasteiger partial charge in [0.1, 0.15) is 6.61 Å². The zero-order valence-corrected chi connectivity index (χ0v) is 56.0. The van der Waals surface area contributed by atoms with Crippen molar-refractivity contribution in [3.8, 4) is 0 Å². The summed E-state index contributed by atoms with van der Waals surface area (Å²) in [4.78, 5) is 35.4. The summed E-state index contributed by atoms with van der Waals surface area (Å²) in [5.74, 6) is -0.833. The van der Waals surface area contributed by atoms with Crippen molar-refractivity contribution in [1.82, 2.24) is 0 Å². The quantitative estimate of drug-likeness (QED) is 0.0264. The molecule has 0 aromatic heterocycles. The number of allylic oxidation sites excluding steroid dienone is 18. The Hall–Kier alpha value is -3.33. The van der Waals surface area contributed by atoms with Crippen LogP contribution in [0.15, 0.2) is 109 Å². The molecule has 0 heterocycles. The minimum atomic E-state index is -4.40. The monoisotopic (exact) mass is 1210 g/mol. The van der Waals surface area contributed by atoms with Crippen LogP contribution < -0.4 is 5.73 Å². The largest absolute Gasteiger partial charge is 0.472 e. The summed E-state index contributed by atoms with van der Waals surface area (Å²) >= 11 is 0. The molecule has 0 spiro atoms. The van der Waals surface area contributed by atoms with Crippen molar-refractivity contribution in [2.75, 3.05) is 26.4 Å². The van der Waals surface area contributed by atoms with Crippen LogP contribution in [-0.4, -0.2) is 49.3 Å². The second-order valence-corrected chi connectivity index (χ2v) is 24.8. The van der Waals surface area contributed by atoms with E-state index in [9.17, 15) is 19.0 Å². The summed E-state index contributed by atoms with van der Waals surface area (Å²) in [6, 6.07) is 0. The molecule has 10 heteroatoms. The molecule has 0 rings (SSSR count). The third-order valence-electron chi connectivity index (χ3n) is 15.2. The number of carbonyl (C=O) groups is 2. The Labute approximate surface area is 524 Å². The number of carbonyl (C=O) groups excluding carboxylic acids is 2. The third-order valence-corrected chi connectivity index (χ3v) is 16.2. The van der Waals surface area contributed by atoms with Gasteiger partial charge in [-0.25, -0.2) is 4.57 Å². The van der Waals surface area contributed by atoms with E-state index in [0.717, 1.165) is 103 Å². The highest BCUT2D eigenvalue weighted by molar-refractivity contribution is 7.47. The summed E-state index contributed by atoms with van der Waals surface area (Å²) in [6.07, 6.45) is 96.1. The van der Waals surface area contributed by atoms with Gasteiger partial charge in [-0.1, -0.05) is 335 Å². The van der Waals surface area contributed by atoms with Crippen molar-refractivity contribution in [3.05, 3.63) is 109 Å². The standard InChI is InChI=1S/C75H132NO8P/c1-3-5-7-9-11-13-15-17-19-21-23-25-27-29-31-33-34-35-36-37-38-40-42-44-46-48-50-52-54-56-58-60-62-64-66-68-75(78)84-73(72-83-85(79,80)82-70-69-76)71-81-74(77)67-65-63-61-59-57-55-53-51-49-47-45-43-41-39-32-30-28-26-24-22-20-18-16-14-12-10-8-6-4-2/h5,7,11,13,17,19,23,25,29,31,34-35,37-38,42,44,48,50,73H,3-4,6,8-10,12,14-16,18,20-22,24,26-28,30,32-33,36,39-41,43,45-47,49,51-72,76H2,1-2H3,(H,79,80)/b7-5-,13-11-,19-17-,25-23-,31-29-,35-34-,38-37-,44-42-,50-48-. The number of hydrogen-bond acceptors (Lipinski definition) is 8. The van der Waals surface area contributed by atoms with Crippen molar-refractivity contribution in [2.45, 2.75) is 328 Å². The minimum absolute atomic E-state index is 0.0478. The zero-order valence-electron chi connectivity index (χ0n) is 55.1. The van der Waals surface area contributed by atoms with Crippen LogP contribution in [0.25, 0.3) is 0 Å². The van der Waals surface area contributed by atoms with Crippen LogP contribution in [-0.2, 0) is 32.7 Å². The van der Waals surface area contributed by atoms with Crippen molar-refractivity contribution in [3.63, 3.8) is 0 Å². The second-order valence-electron chi connectivity index (χ2n) is 23.4.